The Morgan fingerprint density at radius 3 is 3.00 bits per heavy atom. The lowest BCUT2D eigenvalue weighted by molar-refractivity contribution is 0.0890. The Bertz CT molecular complexity index is 863. The second-order valence-corrected chi connectivity index (χ2v) is 6.15. The number of nitrogens with zero attached hydrogens (tertiary/aromatic N) is 3. The van der Waals surface area contributed by atoms with Gasteiger partial charge in [0.15, 0.2) is 0 Å². The van der Waals surface area contributed by atoms with E-state index in [1.165, 1.54) is 5.56 Å². The van der Waals surface area contributed by atoms with Crippen molar-refractivity contribution in [2.24, 2.45) is 0 Å². The van der Waals surface area contributed by atoms with Crippen LogP contribution in [0.15, 0.2) is 47.2 Å². The first-order valence-corrected chi connectivity index (χ1v) is 8.04. The molecule has 0 saturated heterocycles. The molecule has 1 aliphatic heterocycles. The van der Waals surface area contributed by atoms with Crippen molar-refractivity contribution < 1.29 is 9.32 Å². The summed E-state index contributed by atoms with van der Waals surface area (Å²) >= 11 is 0. The SMILES string of the molecule is Cc1ccc(-c2cc(C(=O)NC3CCc4nccn4C3)on2)cc1. The van der Waals surface area contributed by atoms with Crippen LogP contribution >= 0.6 is 0 Å². The van der Waals surface area contributed by atoms with E-state index < -0.39 is 0 Å². The summed E-state index contributed by atoms with van der Waals surface area (Å²) in [4.78, 5) is 16.7. The number of carbonyl (C=O) groups is 1. The Morgan fingerprint density at radius 2 is 2.17 bits per heavy atom. The molecule has 3 heterocycles. The fraction of sp³-hybridized carbons (Fsp3) is 0.278. The van der Waals surface area contributed by atoms with Crippen molar-refractivity contribution in [3.05, 3.63) is 59.9 Å². The second-order valence-electron chi connectivity index (χ2n) is 6.15. The van der Waals surface area contributed by atoms with Gasteiger partial charge in [-0.1, -0.05) is 35.0 Å². The van der Waals surface area contributed by atoms with Crippen LogP contribution < -0.4 is 5.32 Å². The Morgan fingerprint density at radius 1 is 1.33 bits per heavy atom. The minimum Gasteiger partial charge on any atom is -0.350 e. The van der Waals surface area contributed by atoms with Crippen LogP contribution in [0.2, 0.25) is 0 Å². The van der Waals surface area contributed by atoms with Crippen LogP contribution in [0.3, 0.4) is 0 Å². The largest absolute Gasteiger partial charge is 0.350 e. The molecule has 1 N–H and O–H groups in total. The molecule has 0 saturated carbocycles. The molecule has 1 aromatic carbocycles. The average Bonchev–Trinajstić information content (AvgIpc) is 3.24. The van der Waals surface area contributed by atoms with Crippen molar-refractivity contribution in [2.75, 3.05) is 0 Å². The van der Waals surface area contributed by atoms with Crippen molar-refractivity contribution in [1.82, 2.24) is 20.0 Å². The molecule has 0 aliphatic carbocycles. The maximum atomic E-state index is 12.4. The maximum absolute atomic E-state index is 12.4. The van der Waals surface area contributed by atoms with Gasteiger partial charge in [-0.25, -0.2) is 4.98 Å². The molecule has 1 unspecified atom stereocenters. The fourth-order valence-electron chi connectivity index (χ4n) is 2.98. The molecule has 1 amide bonds. The summed E-state index contributed by atoms with van der Waals surface area (Å²) in [5.41, 5.74) is 2.78. The van der Waals surface area contributed by atoms with Gasteiger partial charge in [-0.15, -0.1) is 0 Å². The molecule has 4 rings (SSSR count). The minimum atomic E-state index is -0.227. The van der Waals surface area contributed by atoms with E-state index in [2.05, 4.69) is 20.0 Å². The smallest absolute Gasteiger partial charge is 0.290 e. The molecule has 122 valence electrons. The molecule has 2 aromatic heterocycles. The van der Waals surface area contributed by atoms with Crippen LogP contribution in [0, 0.1) is 6.92 Å². The third-order valence-corrected chi connectivity index (χ3v) is 4.35. The first-order chi connectivity index (χ1) is 11.7. The predicted molar refractivity (Wildman–Crippen MR) is 88.5 cm³/mol. The van der Waals surface area contributed by atoms with Crippen LogP contribution in [0.4, 0.5) is 0 Å². The Labute approximate surface area is 139 Å². The molecule has 1 aliphatic rings. The molecule has 1 atom stereocenters. The number of amides is 1. The number of hydrogen-bond acceptors (Lipinski definition) is 4. The fourth-order valence-corrected chi connectivity index (χ4v) is 2.98. The van der Waals surface area contributed by atoms with Gasteiger partial charge in [0.05, 0.1) is 0 Å². The monoisotopic (exact) mass is 322 g/mol. The van der Waals surface area contributed by atoms with Crippen molar-refractivity contribution in [1.29, 1.82) is 0 Å². The summed E-state index contributed by atoms with van der Waals surface area (Å²) in [5, 5.41) is 7.03. The standard InChI is InChI=1S/C18H18N4O2/c1-12-2-4-13(5-3-12)15-10-16(24-21-15)18(23)20-14-6-7-17-19-8-9-22(17)11-14/h2-5,8-10,14H,6-7,11H2,1H3,(H,20,23). The normalized spacial score (nSPS) is 16.6. The number of rotatable bonds is 3. The summed E-state index contributed by atoms with van der Waals surface area (Å²) in [6, 6.07) is 9.72. The van der Waals surface area contributed by atoms with Crippen molar-refractivity contribution in [3.8, 4) is 11.3 Å². The Hall–Kier alpha value is -2.89. The van der Waals surface area contributed by atoms with E-state index in [4.69, 9.17) is 4.52 Å². The van der Waals surface area contributed by atoms with Gasteiger partial charge in [-0.05, 0) is 13.3 Å². The third kappa shape index (κ3) is 2.82. The third-order valence-electron chi connectivity index (χ3n) is 4.35. The Balaban J connectivity index is 1.45. The van der Waals surface area contributed by atoms with Gasteiger partial charge in [-0.2, -0.15) is 0 Å². The van der Waals surface area contributed by atoms with E-state index in [9.17, 15) is 4.79 Å². The van der Waals surface area contributed by atoms with E-state index in [1.807, 2.05) is 37.4 Å². The summed E-state index contributed by atoms with van der Waals surface area (Å²) < 4.78 is 7.30. The summed E-state index contributed by atoms with van der Waals surface area (Å²) in [7, 11) is 0. The molecule has 6 nitrogen and oxygen atoms in total. The lowest BCUT2D eigenvalue weighted by Crippen LogP contribution is -2.40. The lowest BCUT2D eigenvalue weighted by atomic mass is 10.1. The molecular formula is C18H18N4O2. The van der Waals surface area contributed by atoms with Crippen molar-refractivity contribution >= 4 is 5.91 Å². The van der Waals surface area contributed by atoms with Crippen molar-refractivity contribution in [3.63, 3.8) is 0 Å². The molecule has 0 spiro atoms. The minimum absolute atomic E-state index is 0.0760. The predicted octanol–water partition coefficient (Wildman–Crippen LogP) is 2.59. The number of nitrogens with one attached hydrogen (secondary N) is 1. The van der Waals surface area contributed by atoms with Crippen LogP contribution in [0.5, 0.6) is 0 Å². The van der Waals surface area contributed by atoms with E-state index in [-0.39, 0.29) is 17.7 Å². The Kier molecular flexibility index (Phi) is 3.65. The summed E-state index contributed by atoms with van der Waals surface area (Å²) in [6.45, 7) is 2.77. The van der Waals surface area contributed by atoms with E-state index in [1.54, 1.807) is 12.3 Å². The molecule has 24 heavy (non-hydrogen) atoms. The zero-order valence-corrected chi connectivity index (χ0v) is 13.4. The highest BCUT2D eigenvalue weighted by atomic mass is 16.5. The lowest BCUT2D eigenvalue weighted by Gasteiger charge is -2.24. The second kappa shape index (κ2) is 5.96. The van der Waals surface area contributed by atoms with E-state index in [0.717, 1.165) is 30.8 Å². The maximum Gasteiger partial charge on any atom is 0.290 e. The highest BCUT2D eigenvalue weighted by Gasteiger charge is 2.22. The number of fused-ring (bicyclic) bond motifs is 1. The molecule has 3 aromatic rings. The van der Waals surface area contributed by atoms with Gasteiger partial charge in [0.25, 0.3) is 5.91 Å². The topological polar surface area (TPSA) is 73.0 Å². The molecule has 0 fully saturated rings. The van der Waals surface area contributed by atoms with Gasteiger partial charge >= 0.3 is 0 Å². The zero-order chi connectivity index (χ0) is 16.5. The number of aryl methyl sites for hydroxylation is 2. The number of aromatic nitrogens is 3. The first kappa shape index (κ1) is 14.7. The number of imidazole rings is 1. The van der Waals surface area contributed by atoms with Crippen LogP contribution in [0.1, 0.15) is 28.4 Å². The van der Waals surface area contributed by atoms with Gasteiger partial charge < -0.3 is 14.4 Å². The van der Waals surface area contributed by atoms with Gasteiger partial charge in [0.1, 0.15) is 11.5 Å². The first-order valence-electron chi connectivity index (χ1n) is 8.04. The zero-order valence-electron chi connectivity index (χ0n) is 13.4. The van der Waals surface area contributed by atoms with Gasteiger partial charge in [0.2, 0.25) is 5.76 Å². The van der Waals surface area contributed by atoms with Gasteiger partial charge in [-0.3, -0.25) is 4.79 Å². The van der Waals surface area contributed by atoms with Crippen LogP contribution in [-0.2, 0) is 13.0 Å². The van der Waals surface area contributed by atoms with E-state index in [0.29, 0.717) is 5.69 Å². The molecule has 6 heteroatoms. The highest BCUT2D eigenvalue weighted by molar-refractivity contribution is 5.92. The van der Waals surface area contributed by atoms with Gasteiger partial charge in [0, 0.05) is 43.0 Å². The average molecular weight is 322 g/mol. The number of hydrogen-bond donors (Lipinski definition) is 1. The van der Waals surface area contributed by atoms with E-state index >= 15 is 0 Å². The quantitative estimate of drug-likeness (QED) is 0.804. The molecule has 0 radical (unpaired) electrons. The number of carbonyl (C=O) groups excluding carboxylic acids is 1. The van der Waals surface area contributed by atoms with Crippen molar-refractivity contribution in [2.45, 2.75) is 32.4 Å². The summed E-state index contributed by atoms with van der Waals surface area (Å²) in [6.07, 6.45) is 5.48. The van der Waals surface area contributed by atoms with Crippen LogP contribution in [-0.4, -0.2) is 26.7 Å². The van der Waals surface area contributed by atoms with Crippen LogP contribution in [0.25, 0.3) is 11.3 Å². The highest BCUT2D eigenvalue weighted by Crippen LogP contribution is 2.20. The number of benzene rings is 1. The molecular weight excluding hydrogens is 304 g/mol. The summed E-state index contributed by atoms with van der Waals surface area (Å²) in [5.74, 6) is 1.08. The molecule has 0 bridgehead atoms.